The quantitative estimate of drug-likeness (QED) is 0.732. The summed E-state index contributed by atoms with van der Waals surface area (Å²) >= 11 is 0. The summed E-state index contributed by atoms with van der Waals surface area (Å²) in [6.07, 6.45) is 5.44. The average molecular weight is 390 g/mol. The maximum atomic E-state index is 12.8. The number of rotatable bonds is 5. The van der Waals surface area contributed by atoms with Gasteiger partial charge in [0.05, 0.1) is 6.54 Å². The smallest absolute Gasteiger partial charge is 0.318 e. The average Bonchev–Trinajstić information content (AvgIpc) is 3.12. The zero-order valence-corrected chi connectivity index (χ0v) is 16.1. The highest BCUT2D eigenvalue weighted by Gasteiger charge is 2.27. The number of nitrogens with one attached hydrogen (secondary N) is 1. The summed E-state index contributed by atoms with van der Waals surface area (Å²) in [5.41, 5.74) is 1.07. The molecule has 3 rings (SSSR count). The number of aromatic nitrogens is 3. The Morgan fingerprint density at radius 1 is 1.36 bits per heavy atom. The summed E-state index contributed by atoms with van der Waals surface area (Å²) in [6, 6.07) is 3.99. The van der Waals surface area contributed by atoms with Gasteiger partial charge in [-0.2, -0.15) is 0 Å². The van der Waals surface area contributed by atoms with Gasteiger partial charge in [0.2, 0.25) is 11.8 Å². The third kappa shape index (κ3) is 6.62. The van der Waals surface area contributed by atoms with Gasteiger partial charge < -0.3 is 24.6 Å². The number of carbonyl (C=O) groups is 2. The molecule has 1 saturated heterocycles. The molecule has 0 bridgehead atoms. The van der Waals surface area contributed by atoms with Gasteiger partial charge in [0.1, 0.15) is 0 Å². The predicted molar refractivity (Wildman–Crippen MR) is 100 cm³/mol. The summed E-state index contributed by atoms with van der Waals surface area (Å²) < 4.78 is 5.32. The maximum absolute atomic E-state index is 12.8. The van der Waals surface area contributed by atoms with Crippen LogP contribution in [-0.2, 0) is 17.9 Å². The summed E-state index contributed by atoms with van der Waals surface area (Å²) in [4.78, 5) is 29.4. The molecule has 0 unspecified atom stereocenters. The standard InChI is InChI=1S/C17H24N6O2.CH2O2/c1-13-20-21-16(25-13)11-19-17(24)23(12-14-3-7-18-8-4-14)15-5-9-22(2)10-6-15;2-1-3/h3-4,7-8,15H,5-6,9-12H2,1-2H3,(H,19,24);1H,(H,2,3). The van der Waals surface area contributed by atoms with Crippen molar-refractivity contribution in [1.82, 2.24) is 30.3 Å². The maximum Gasteiger partial charge on any atom is 0.318 e. The molecule has 0 radical (unpaired) electrons. The van der Waals surface area contributed by atoms with Crippen molar-refractivity contribution in [2.24, 2.45) is 0 Å². The van der Waals surface area contributed by atoms with Gasteiger partial charge in [0.15, 0.2) is 0 Å². The number of carbonyl (C=O) groups excluding carboxylic acids is 1. The van der Waals surface area contributed by atoms with E-state index < -0.39 is 0 Å². The van der Waals surface area contributed by atoms with Crippen LogP contribution in [0.2, 0.25) is 0 Å². The molecular weight excluding hydrogens is 364 g/mol. The van der Waals surface area contributed by atoms with E-state index in [0.717, 1.165) is 31.5 Å². The van der Waals surface area contributed by atoms with Crippen molar-refractivity contribution in [1.29, 1.82) is 0 Å². The normalized spacial score (nSPS) is 14.6. The second-order valence-corrected chi connectivity index (χ2v) is 6.50. The molecule has 2 amide bonds. The SMILES string of the molecule is Cc1nnc(CNC(=O)N(Cc2ccncc2)C2CCN(C)CC2)o1.O=CO. The molecule has 0 saturated carbocycles. The molecule has 1 aliphatic heterocycles. The van der Waals surface area contributed by atoms with E-state index in [2.05, 4.69) is 32.4 Å². The number of nitrogens with zero attached hydrogens (tertiary/aromatic N) is 5. The van der Waals surface area contributed by atoms with Gasteiger partial charge in [-0.15, -0.1) is 10.2 Å². The van der Waals surface area contributed by atoms with E-state index in [4.69, 9.17) is 14.3 Å². The minimum Gasteiger partial charge on any atom is -0.483 e. The highest BCUT2D eigenvalue weighted by Crippen LogP contribution is 2.18. The Morgan fingerprint density at radius 2 is 2.00 bits per heavy atom. The number of hydrogen-bond donors (Lipinski definition) is 2. The number of urea groups is 1. The summed E-state index contributed by atoms with van der Waals surface area (Å²) in [5, 5.41) is 17.5. The predicted octanol–water partition coefficient (Wildman–Crippen LogP) is 1.28. The number of pyridine rings is 1. The molecule has 2 N–H and O–H groups in total. The summed E-state index contributed by atoms with van der Waals surface area (Å²) in [7, 11) is 2.11. The highest BCUT2D eigenvalue weighted by atomic mass is 16.4. The molecule has 2 aromatic rings. The van der Waals surface area contributed by atoms with Crippen LogP contribution in [0.3, 0.4) is 0 Å². The van der Waals surface area contributed by atoms with Crippen molar-refractivity contribution in [3.05, 3.63) is 41.9 Å². The lowest BCUT2D eigenvalue weighted by Crippen LogP contribution is -2.49. The van der Waals surface area contributed by atoms with Crippen LogP contribution >= 0.6 is 0 Å². The second-order valence-electron chi connectivity index (χ2n) is 6.50. The summed E-state index contributed by atoms with van der Waals surface area (Å²) in [6.45, 7) is 4.26. The van der Waals surface area contributed by atoms with Crippen LogP contribution in [0.5, 0.6) is 0 Å². The second kappa shape index (κ2) is 11.0. The highest BCUT2D eigenvalue weighted by molar-refractivity contribution is 5.74. The van der Waals surface area contributed by atoms with Crippen LogP contribution in [0.15, 0.2) is 28.9 Å². The minimum atomic E-state index is -0.250. The summed E-state index contributed by atoms with van der Waals surface area (Å²) in [5.74, 6) is 0.909. The van der Waals surface area contributed by atoms with Crippen molar-refractivity contribution >= 4 is 12.5 Å². The zero-order chi connectivity index (χ0) is 20.4. The van der Waals surface area contributed by atoms with Crippen molar-refractivity contribution in [2.45, 2.75) is 38.9 Å². The van der Waals surface area contributed by atoms with Crippen LogP contribution in [-0.4, -0.2) is 68.8 Å². The Bertz CT molecular complexity index is 731. The fourth-order valence-corrected chi connectivity index (χ4v) is 3.02. The molecule has 3 heterocycles. The molecule has 0 spiro atoms. The Balaban J connectivity index is 0.000000878. The molecule has 1 fully saturated rings. The minimum absolute atomic E-state index is 0.109. The number of piperidine rings is 1. The van der Waals surface area contributed by atoms with Gasteiger partial charge in [0.25, 0.3) is 6.47 Å². The third-order valence-corrected chi connectivity index (χ3v) is 4.45. The lowest BCUT2D eigenvalue weighted by molar-refractivity contribution is -0.122. The number of likely N-dealkylation sites (tertiary alicyclic amines) is 1. The lowest BCUT2D eigenvalue weighted by Gasteiger charge is -2.37. The molecule has 0 atom stereocenters. The fourth-order valence-electron chi connectivity index (χ4n) is 3.02. The van der Waals surface area contributed by atoms with Crippen LogP contribution < -0.4 is 5.32 Å². The Morgan fingerprint density at radius 3 is 2.57 bits per heavy atom. The zero-order valence-electron chi connectivity index (χ0n) is 16.1. The molecule has 0 aliphatic carbocycles. The van der Waals surface area contributed by atoms with E-state index >= 15 is 0 Å². The molecule has 152 valence electrons. The third-order valence-electron chi connectivity index (χ3n) is 4.45. The van der Waals surface area contributed by atoms with Gasteiger partial charge in [-0.25, -0.2) is 4.79 Å². The molecule has 10 nitrogen and oxygen atoms in total. The van der Waals surface area contributed by atoms with Crippen LogP contribution in [0.25, 0.3) is 0 Å². The van der Waals surface area contributed by atoms with Crippen molar-refractivity contribution in [3.63, 3.8) is 0 Å². The van der Waals surface area contributed by atoms with Gasteiger partial charge >= 0.3 is 6.03 Å². The van der Waals surface area contributed by atoms with Gasteiger partial charge in [-0.05, 0) is 50.7 Å². The van der Waals surface area contributed by atoms with E-state index in [1.807, 2.05) is 17.0 Å². The first-order valence-electron chi connectivity index (χ1n) is 9.02. The first kappa shape index (κ1) is 21.3. The molecule has 10 heteroatoms. The first-order valence-corrected chi connectivity index (χ1v) is 9.02. The number of aryl methyl sites for hydroxylation is 1. The lowest BCUT2D eigenvalue weighted by atomic mass is 10.0. The first-order chi connectivity index (χ1) is 13.5. The van der Waals surface area contributed by atoms with E-state index in [1.165, 1.54) is 0 Å². The molecule has 0 aromatic carbocycles. The van der Waals surface area contributed by atoms with Crippen LogP contribution in [0.1, 0.15) is 30.2 Å². The van der Waals surface area contributed by atoms with E-state index in [9.17, 15) is 4.79 Å². The van der Waals surface area contributed by atoms with Gasteiger partial charge in [0, 0.05) is 31.9 Å². The largest absolute Gasteiger partial charge is 0.483 e. The van der Waals surface area contributed by atoms with Crippen molar-refractivity contribution in [2.75, 3.05) is 20.1 Å². The molecule has 2 aromatic heterocycles. The molecule has 28 heavy (non-hydrogen) atoms. The number of hydrogen-bond acceptors (Lipinski definition) is 7. The van der Waals surface area contributed by atoms with E-state index in [0.29, 0.717) is 18.3 Å². The van der Waals surface area contributed by atoms with E-state index in [-0.39, 0.29) is 25.1 Å². The van der Waals surface area contributed by atoms with Crippen molar-refractivity contribution < 1.29 is 19.1 Å². The number of amides is 2. The van der Waals surface area contributed by atoms with Crippen LogP contribution in [0, 0.1) is 6.92 Å². The Labute approximate surface area is 163 Å². The Hall–Kier alpha value is -3.01. The monoisotopic (exact) mass is 390 g/mol. The Kier molecular flexibility index (Phi) is 8.35. The van der Waals surface area contributed by atoms with Crippen LogP contribution in [0.4, 0.5) is 4.79 Å². The van der Waals surface area contributed by atoms with Crippen molar-refractivity contribution in [3.8, 4) is 0 Å². The number of carboxylic acid groups (broad SMARTS) is 1. The molecule has 1 aliphatic rings. The molecular formula is C18H26N6O4. The fraction of sp³-hybridized carbons (Fsp3) is 0.500. The van der Waals surface area contributed by atoms with Gasteiger partial charge in [-0.3, -0.25) is 9.78 Å². The van der Waals surface area contributed by atoms with Gasteiger partial charge in [-0.1, -0.05) is 0 Å². The van der Waals surface area contributed by atoms with E-state index in [1.54, 1.807) is 19.3 Å². The topological polar surface area (TPSA) is 125 Å².